The molecule has 0 aliphatic rings. The quantitative estimate of drug-likeness (QED) is 0.528. The zero-order valence-corrected chi connectivity index (χ0v) is 13.7. The Labute approximate surface area is 131 Å². The van der Waals surface area contributed by atoms with Gasteiger partial charge in [-0.3, -0.25) is 0 Å². The normalized spacial score (nSPS) is 15.5. The molecule has 4 nitrogen and oxygen atoms in total. The van der Waals surface area contributed by atoms with E-state index >= 15 is 0 Å². The molecule has 0 amide bonds. The van der Waals surface area contributed by atoms with Crippen LogP contribution in [0.3, 0.4) is 0 Å². The van der Waals surface area contributed by atoms with Gasteiger partial charge in [0.05, 0.1) is 0 Å². The van der Waals surface area contributed by atoms with Gasteiger partial charge in [0.25, 0.3) is 0 Å². The molecule has 0 aromatic heterocycles. The molecule has 1 atom stereocenters. The van der Waals surface area contributed by atoms with Crippen LogP contribution in [0.5, 0.6) is 0 Å². The fourth-order valence-electron chi connectivity index (χ4n) is 2.01. The Morgan fingerprint density at radius 3 is 1.74 bits per heavy atom. The number of hydrogen-bond acceptors (Lipinski definition) is 4. The average molecular weight is 360 g/mol. The predicted molar refractivity (Wildman–Crippen MR) is 73.3 cm³/mol. The Balaban J connectivity index is 2.86. The van der Waals surface area contributed by atoms with E-state index in [1.54, 1.807) is 12.1 Å². The summed E-state index contributed by atoms with van der Waals surface area (Å²) in [5, 5.41) is 0.581. The van der Waals surface area contributed by atoms with E-state index in [0.29, 0.717) is 10.8 Å². The highest BCUT2D eigenvalue weighted by molar-refractivity contribution is 6.75. The minimum atomic E-state index is -5.45. The topological polar surface area (TPSA) is 36.9 Å². The third kappa shape index (κ3) is 4.26. The van der Waals surface area contributed by atoms with Crippen molar-refractivity contribution in [1.29, 1.82) is 0 Å². The first-order chi connectivity index (χ1) is 10.7. The minimum Gasteiger partial charge on any atom is -0.373 e. The van der Waals surface area contributed by atoms with Crippen molar-refractivity contribution in [2.75, 3.05) is 21.3 Å². The lowest BCUT2D eigenvalue weighted by molar-refractivity contribution is -0.403. The molecule has 0 spiro atoms. The van der Waals surface area contributed by atoms with Crippen LogP contribution in [-0.2, 0) is 24.6 Å². The highest BCUT2D eigenvalue weighted by Gasteiger charge is 2.58. The second kappa shape index (κ2) is 7.66. The molecule has 0 aliphatic carbocycles. The van der Waals surface area contributed by atoms with E-state index in [-0.39, 0.29) is 6.42 Å². The third-order valence-corrected chi connectivity index (χ3v) is 6.05. The van der Waals surface area contributed by atoms with Gasteiger partial charge in [0.15, 0.2) is 0 Å². The molecule has 1 rings (SSSR count). The molecule has 1 aromatic rings. The Morgan fingerprint density at radius 1 is 0.913 bits per heavy atom. The second-order valence-electron chi connectivity index (χ2n) is 4.67. The van der Waals surface area contributed by atoms with Crippen LogP contribution in [0.4, 0.5) is 22.1 Å². The fourth-order valence-corrected chi connectivity index (χ4v) is 3.79. The lowest BCUT2D eigenvalue weighted by atomic mass is 10.1. The minimum absolute atomic E-state index is 0.364. The van der Waals surface area contributed by atoms with Gasteiger partial charge in [-0.15, -0.1) is 4.94 Å². The Bertz CT molecular complexity index is 484. The summed E-state index contributed by atoms with van der Waals surface area (Å²) in [5.74, 6) is -4.32. The van der Waals surface area contributed by atoms with Crippen molar-refractivity contribution >= 4 is 14.0 Å². The van der Waals surface area contributed by atoms with E-state index in [2.05, 4.69) is 4.94 Å². The van der Waals surface area contributed by atoms with E-state index < -0.39 is 27.3 Å². The van der Waals surface area contributed by atoms with Crippen LogP contribution in [0.2, 0.25) is 0 Å². The fraction of sp³-hybridized carbons (Fsp3) is 0.538. The van der Waals surface area contributed by atoms with Gasteiger partial charge >= 0.3 is 20.8 Å². The summed E-state index contributed by atoms with van der Waals surface area (Å²) < 4.78 is 78.2. The summed E-state index contributed by atoms with van der Waals surface area (Å²) in [6.45, 7) is 0. The Hall–Kier alpha value is -1.07. The second-order valence-corrected chi connectivity index (χ2v) is 7.58. The number of benzene rings is 1. The molecule has 10 heteroatoms. The summed E-state index contributed by atoms with van der Waals surface area (Å²) in [5.41, 5.74) is 0.364. The third-order valence-electron chi connectivity index (χ3n) is 3.39. The lowest BCUT2D eigenvalue weighted by Crippen LogP contribution is -2.54. The SMILES string of the molecule is CO[Si](OC)(OC)c1ccc(CCC(F)(OF)C(F)(F)F)cc1. The van der Waals surface area contributed by atoms with Gasteiger partial charge in [-0.1, -0.05) is 24.3 Å². The summed E-state index contributed by atoms with van der Waals surface area (Å²) in [4.78, 5) is 2.51. The smallest absolute Gasteiger partial charge is 0.373 e. The molecule has 0 heterocycles. The largest absolute Gasteiger partial charge is 0.536 e. The maximum absolute atomic E-state index is 13.4. The van der Waals surface area contributed by atoms with Crippen molar-refractivity contribution in [2.45, 2.75) is 24.9 Å². The van der Waals surface area contributed by atoms with Gasteiger partial charge in [0.2, 0.25) is 0 Å². The molecule has 132 valence electrons. The van der Waals surface area contributed by atoms with Crippen molar-refractivity contribution in [1.82, 2.24) is 0 Å². The van der Waals surface area contributed by atoms with Crippen molar-refractivity contribution < 1.29 is 40.3 Å². The molecule has 0 bridgehead atoms. The Kier molecular flexibility index (Phi) is 6.66. The van der Waals surface area contributed by atoms with Crippen LogP contribution in [-0.4, -0.2) is 42.2 Å². The van der Waals surface area contributed by atoms with Crippen molar-refractivity contribution in [3.8, 4) is 0 Å². The summed E-state index contributed by atoms with van der Waals surface area (Å²) in [7, 11) is 1.18. The van der Waals surface area contributed by atoms with Gasteiger partial charge < -0.3 is 13.3 Å². The number of alkyl halides is 4. The molecule has 1 aromatic carbocycles. The number of rotatable bonds is 8. The maximum atomic E-state index is 13.4. The molecule has 0 radical (unpaired) electrons. The van der Waals surface area contributed by atoms with E-state index in [1.165, 1.54) is 33.5 Å². The molecule has 0 N–H and O–H groups in total. The summed E-state index contributed by atoms with van der Waals surface area (Å²) in [6, 6.07) is 6.01. The molecule has 0 saturated carbocycles. The first-order valence-corrected chi connectivity index (χ1v) is 8.20. The van der Waals surface area contributed by atoms with Crippen LogP contribution < -0.4 is 5.19 Å². The zero-order valence-electron chi connectivity index (χ0n) is 12.7. The van der Waals surface area contributed by atoms with Crippen LogP contribution in [0.1, 0.15) is 12.0 Å². The van der Waals surface area contributed by atoms with E-state index in [0.717, 1.165) is 0 Å². The molecular formula is C13H17F5O4Si. The van der Waals surface area contributed by atoms with Crippen LogP contribution in [0.15, 0.2) is 24.3 Å². The van der Waals surface area contributed by atoms with Gasteiger partial charge in [0, 0.05) is 32.9 Å². The first-order valence-electron chi connectivity index (χ1n) is 6.48. The van der Waals surface area contributed by atoms with Crippen LogP contribution in [0, 0.1) is 0 Å². The van der Waals surface area contributed by atoms with E-state index in [4.69, 9.17) is 13.3 Å². The zero-order chi connectivity index (χ0) is 17.7. The number of hydrogen-bond donors (Lipinski definition) is 0. The van der Waals surface area contributed by atoms with Crippen molar-refractivity contribution in [2.24, 2.45) is 0 Å². The predicted octanol–water partition coefficient (Wildman–Crippen LogP) is 2.83. The molecule has 0 saturated heterocycles. The lowest BCUT2D eigenvalue weighted by Gasteiger charge is -2.25. The molecular weight excluding hydrogens is 343 g/mol. The molecule has 0 aliphatic heterocycles. The number of aryl methyl sites for hydroxylation is 1. The standard InChI is InChI=1S/C13H17F5O4Si/c1-19-23(20-2,21-3)11-6-4-10(5-7-11)8-9-12(14,22-18)13(15,16)17/h4-7H,8-9H2,1-3H3. The summed E-state index contributed by atoms with van der Waals surface area (Å²) in [6.07, 6.45) is -7.03. The maximum Gasteiger partial charge on any atom is 0.536 e. The van der Waals surface area contributed by atoms with E-state index in [9.17, 15) is 22.1 Å². The van der Waals surface area contributed by atoms with Gasteiger partial charge in [0.1, 0.15) is 0 Å². The van der Waals surface area contributed by atoms with Crippen molar-refractivity contribution in [3.63, 3.8) is 0 Å². The summed E-state index contributed by atoms with van der Waals surface area (Å²) >= 11 is 0. The molecule has 1 unspecified atom stereocenters. The van der Waals surface area contributed by atoms with Crippen LogP contribution in [0.25, 0.3) is 0 Å². The van der Waals surface area contributed by atoms with Gasteiger partial charge in [-0.25, -0.2) is 0 Å². The van der Waals surface area contributed by atoms with Gasteiger partial charge in [-0.05, 0) is 16.5 Å². The van der Waals surface area contributed by atoms with Crippen molar-refractivity contribution in [3.05, 3.63) is 29.8 Å². The van der Waals surface area contributed by atoms with Gasteiger partial charge in [-0.2, -0.15) is 17.6 Å². The van der Waals surface area contributed by atoms with E-state index in [1.807, 2.05) is 0 Å². The Morgan fingerprint density at radius 2 is 1.39 bits per heavy atom. The molecule has 0 fully saturated rings. The first kappa shape index (κ1) is 20.0. The molecule has 23 heavy (non-hydrogen) atoms. The van der Waals surface area contributed by atoms with Crippen LogP contribution >= 0.6 is 0 Å². The number of halogens is 5. The monoisotopic (exact) mass is 360 g/mol. The average Bonchev–Trinajstić information content (AvgIpc) is 2.54. The highest BCUT2D eigenvalue weighted by Crippen LogP contribution is 2.38. The highest BCUT2D eigenvalue weighted by atomic mass is 28.4.